The van der Waals surface area contributed by atoms with E-state index in [9.17, 15) is 26.7 Å². The summed E-state index contributed by atoms with van der Waals surface area (Å²) in [7, 11) is -3.64. The average Bonchev–Trinajstić information content (AvgIpc) is 3.16. The van der Waals surface area contributed by atoms with Crippen LogP contribution in [0.5, 0.6) is 0 Å². The second-order valence-electron chi connectivity index (χ2n) is 6.82. The first-order valence-electron chi connectivity index (χ1n) is 8.50. The van der Waals surface area contributed by atoms with Crippen LogP contribution in [0.2, 0.25) is 0 Å². The summed E-state index contributed by atoms with van der Waals surface area (Å²) in [6.07, 6.45) is -3.34. The van der Waals surface area contributed by atoms with Gasteiger partial charge in [-0.05, 0) is 31.5 Å². The predicted molar refractivity (Wildman–Crippen MR) is 99.7 cm³/mol. The number of thiazole rings is 1. The van der Waals surface area contributed by atoms with Gasteiger partial charge in [-0.15, -0.1) is 11.3 Å². The van der Waals surface area contributed by atoms with Crippen molar-refractivity contribution in [3.8, 4) is 0 Å². The second-order valence-corrected chi connectivity index (χ2v) is 9.83. The highest BCUT2D eigenvalue weighted by Gasteiger charge is 2.51. The van der Waals surface area contributed by atoms with E-state index >= 15 is 0 Å². The number of hydrogen-bond donors (Lipinski definition) is 1. The van der Waals surface area contributed by atoms with Crippen molar-refractivity contribution in [2.45, 2.75) is 36.0 Å². The van der Waals surface area contributed by atoms with Gasteiger partial charge in [0.05, 0.1) is 0 Å². The van der Waals surface area contributed by atoms with Crippen molar-refractivity contribution in [2.75, 3.05) is 24.5 Å². The number of anilines is 1. The Morgan fingerprint density at radius 2 is 1.86 bits per heavy atom. The Morgan fingerprint density at radius 3 is 2.36 bits per heavy atom. The molecule has 2 unspecified atom stereocenters. The Morgan fingerprint density at radius 1 is 1.21 bits per heavy atom. The van der Waals surface area contributed by atoms with Crippen molar-refractivity contribution in [1.29, 1.82) is 0 Å². The highest BCUT2D eigenvalue weighted by atomic mass is 32.2. The van der Waals surface area contributed by atoms with E-state index in [-0.39, 0.29) is 29.0 Å². The average molecular weight is 435 g/mol. The summed E-state index contributed by atoms with van der Waals surface area (Å²) >= 11 is 1.06. The van der Waals surface area contributed by atoms with E-state index in [0.29, 0.717) is 19.2 Å². The first-order chi connectivity index (χ1) is 12.9. The normalized spacial score (nSPS) is 21.5. The summed E-state index contributed by atoms with van der Waals surface area (Å²) < 4.78 is 65.6. The van der Waals surface area contributed by atoms with Gasteiger partial charge >= 0.3 is 6.18 Å². The highest BCUT2D eigenvalue weighted by Crippen LogP contribution is 2.39. The van der Waals surface area contributed by atoms with E-state index < -0.39 is 21.8 Å². The van der Waals surface area contributed by atoms with Crippen LogP contribution < -0.4 is 4.90 Å². The maximum absolute atomic E-state index is 13.0. The molecule has 1 aliphatic heterocycles. The summed E-state index contributed by atoms with van der Waals surface area (Å²) in [5.41, 5.74) is -2.51. The molecule has 2 atom stereocenters. The molecule has 28 heavy (non-hydrogen) atoms. The van der Waals surface area contributed by atoms with Crippen LogP contribution in [0.15, 0.2) is 40.2 Å². The Bertz CT molecular complexity index is 913. The molecule has 2 heterocycles. The largest absolute Gasteiger partial charge is 0.421 e. The molecular formula is C17H20F3N3O3S2. The monoisotopic (exact) mass is 435 g/mol. The molecule has 0 spiro atoms. The topological polar surface area (TPSA) is 73.7 Å². The van der Waals surface area contributed by atoms with Gasteiger partial charge in [-0.3, -0.25) is 0 Å². The van der Waals surface area contributed by atoms with Gasteiger partial charge < -0.3 is 10.0 Å². The Labute approximate surface area is 165 Å². The number of aliphatic hydroxyl groups is 1. The van der Waals surface area contributed by atoms with Crippen LogP contribution in [0.25, 0.3) is 0 Å². The molecule has 1 aromatic heterocycles. The van der Waals surface area contributed by atoms with Gasteiger partial charge in [0, 0.05) is 42.9 Å². The minimum absolute atomic E-state index is 0.0480. The lowest BCUT2D eigenvalue weighted by Crippen LogP contribution is -2.53. The molecule has 0 bridgehead atoms. The fraction of sp³-hybridized carbons (Fsp3) is 0.471. The zero-order valence-corrected chi connectivity index (χ0v) is 16.9. The van der Waals surface area contributed by atoms with Gasteiger partial charge in [-0.2, -0.15) is 17.5 Å². The molecule has 1 saturated heterocycles. The summed E-state index contributed by atoms with van der Waals surface area (Å²) in [5, 5.41) is 11.4. The number of sulfonamides is 1. The van der Waals surface area contributed by atoms with Gasteiger partial charge in [-0.1, -0.05) is 12.1 Å². The lowest BCUT2D eigenvalue weighted by Gasteiger charge is -2.40. The van der Waals surface area contributed by atoms with Crippen LogP contribution in [0.4, 0.5) is 18.9 Å². The summed E-state index contributed by atoms with van der Waals surface area (Å²) in [5.74, 6) is 0. The quantitative estimate of drug-likeness (QED) is 0.800. The smallest absolute Gasteiger partial charge is 0.376 e. The van der Waals surface area contributed by atoms with Crippen molar-refractivity contribution in [3.05, 3.63) is 41.4 Å². The molecule has 1 aromatic carbocycles. The maximum Gasteiger partial charge on any atom is 0.421 e. The van der Waals surface area contributed by atoms with E-state index in [1.54, 1.807) is 5.38 Å². The van der Waals surface area contributed by atoms with E-state index in [4.69, 9.17) is 0 Å². The van der Waals surface area contributed by atoms with Gasteiger partial charge in [0.15, 0.2) is 5.60 Å². The zero-order chi connectivity index (χ0) is 20.7. The minimum Gasteiger partial charge on any atom is -0.376 e. The fourth-order valence-corrected chi connectivity index (χ4v) is 5.59. The molecule has 1 aliphatic rings. The summed E-state index contributed by atoms with van der Waals surface area (Å²) in [6.45, 7) is 3.44. The third-order valence-corrected chi connectivity index (χ3v) is 7.92. The van der Waals surface area contributed by atoms with Crippen LogP contribution >= 0.6 is 11.3 Å². The molecule has 11 heteroatoms. The lowest BCUT2D eigenvalue weighted by atomic mass is 9.95. The Balaban J connectivity index is 1.75. The number of hydrogen-bond acceptors (Lipinski definition) is 6. The third-order valence-electron chi connectivity index (χ3n) is 4.87. The number of aromatic nitrogens is 1. The van der Waals surface area contributed by atoms with Crippen molar-refractivity contribution < 1.29 is 26.7 Å². The van der Waals surface area contributed by atoms with Gasteiger partial charge in [0.1, 0.15) is 0 Å². The standard InChI is InChI=1S/C17H20F3N3O3S2/c1-12-11-22(28(25,26)15-21-7-10-27-15)8-9-23(12)14-5-3-13(4-6-14)16(2,24)17(18,19)20/h3-7,10,12,24H,8-9,11H2,1-2H3. The number of rotatable bonds is 4. The fourth-order valence-electron chi connectivity index (χ4n) is 3.12. The summed E-state index contributed by atoms with van der Waals surface area (Å²) in [4.78, 5) is 5.81. The molecular weight excluding hydrogens is 415 g/mol. The third kappa shape index (κ3) is 3.76. The Kier molecular flexibility index (Phi) is 5.47. The van der Waals surface area contributed by atoms with Crippen molar-refractivity contribution in [3.63, 3.8) is 0 Å². The van der Waals surface area contributed by atoms with E-state index in [1.807, 2.05) is 11.8 Å². The van der Waals surface area contributed by atoms with E-state index in [0.717, 1.165) is 11.3 Å². The minimum atomic E-state index is -4.78. The Hall–Kier alpha value is -1.69. The van der Waals surface area contributed by atoms with Gasteiger partial charge in [0.2, 0.25) is 4.34 Å². The number of nitrogens with zero attached hydrogens (tertiary/aromatic N) is 3. The number of alkyl halides is 3. The highest BCUT2D eigenvalue weighted by molar-refractivity contribution is 7.91. The molecule has 2 aromatic rings. The number of piperazine rings is 1. The number of benzene rings is 1. The van der Waals surface area contributed by atoms with E-state index in [1.165, 1.54) is 34.8 Å². The van der Waals surface area contributed by atoms with Crippen LogP contribution in [-0.4, -0.2) is 54.7 Å². The molecule has 1 fully saturated rings. The molecule has 0 saturated carbocycles. The SMILES string of the molecule is CC1CN(S(=O)(=O)c2nccs2)CCN1c1ccc(C(C)(O)C(F)(F)F)cc1. The van der Waals surface area contributed by atoms with E-state index in [2.05, 4.69) is 4.98 Å². The maximum atomic E-state index is 13.0. The molecule has 0 radical (unpaired) electrons. The molecule has 6 nitrogen and oxygen atoms in total. The number of halogens is 3. The van der Waals surface area contributed by atoms with Crippen molar-refractivity contribution in [1.82, 2.24) is 9.29 Å². The van der Waals surface area contributed by atoms with Crippen molar-refractivity contribution in [2.24, 2.45) is 0 Å². The molecule has 154 valence electrons. The molecule has 3 rings (SSSR count). The van der Waals surface area contributed by atoms with Gasteiger partial charge in [0.25, 0.3) is 10.0 Å². The predicted octanol–water partition coefficient (Wildman–Crippen LogP) is 2.81. The zero-order valence-electron chi connectivity index (χ0n) is 15.2. The molecule has 0 aliphatic carbocycles. The first-order valence-corrected chi connectivity index (χ1v) is 10.8. The van der Waals surface area contributed by atoms with Crippen molar-refractivity contribution >= 4 is 27.0 Å². The molecule has 0 amide bonds. The van der Waals surface area contributed by atoms with Crippen LogP contribution in [0, 0.1) is 0 Å². The second kappa shape index (κ2) is 7.29. The molecule has 1 N–H and O–H groups in total. The van der Waals surface area contributed by atoms with Crippen LogP contribution in [0.3, 0.4) is 0 Å². The first kappa shape index (κ1) is 21.0. The summed E-state index contributed by atoms with van der Waals surface area (Å²) in [6, 6.07) is 5.33. The van der Waals surface area contributed by atoms with Crippen LogP contribution in [-0.2, 0) is 15.6 Å². The van der Waals surface area contributed by atoms with Crippen LogP contribution in [0.1, 0.15) is 19.4 Å². The lowest BCUT2D eigenvalue weighted by molar-refractivity contribution is -0.258. The van der Waals surface area contributed by atoms with Gasteiger partial charge in [-0.25, -0.2) is 13.4 Å².